The zero-order valence-electron chi connectivity index (χ0n) is 13.2. The molecule has 0 unspecified atom stereocenters. The molecule has 0 atom stereocenters. The van der Waals surface area contributed by atoms with Crippen LogP contribution < -0.4 is 25.6 Å². The SMILES string of the molecule is C=c1[nH]n(-c2ccc(C)cc2)c(=O)/c1=C/c1ccc2c(c1)OCO2. The minimum atomic E-state index is -0.137. The van der Waals surface area contributed by atoms with Gasteiger partial charge in [0.15, 0.2) is 11.5 Å². The van der Waals surface area contributed by atoms with Gasteiger partial charge in [0.1, 0.15) is 0 Å². The zero-order valence-corrected chi connectivity index (χ0v) is 13.2. The summed E-state index contributed by atoms with van der Waals surface area (Å²) in [6.45, 7) is 6.18. The molecular formula is C19H16N2O3. The molecule has 5 heteroatoms. The van der Waals surface area contributed by atoms with Gasteiger partial charge in [0.05, 0.1) is 16.3 Å². The van der Waals surface area contributed by atoms with Gasteiger partial charge in [0.2, 0.25) is 6.79 Å². The summed E-state index contributed by atoms with van der Waals surface area (Å²) in [4.78, 5) is 12.7. The molecule has 1 N–H and O–H groups in total. The number of aromatic nitrogens is 2. The summed E-state index contributed by atoms with van der Waals surface area (Å²) in [7, 11) is 0. The zero-order chi connectivity index (χ0) is 16.7. The third-order valence-electron chi connectivity index (χ3n) is 4.01. The summed E-state index contributed by atoms with van der Waals surface area (Å²) >= 11 is 0. The number of fused-ring (bicyclic) bond motifs is 1. The molecule has 2 aromatic carbocycles. The molecule has 2 heterocycles. The van der Waals surface area contributed by atoms with E-state index in [1.165, 1.54) is 4.68 Å². The molecule has 0 radical (unpaired) electrons. The van der Waals surface area contributed by atoms with Crippen molar-refractivity contribution in [2.24, 2.45) is 0 Å². The van der Waals surface area contributed by atoms with Crippen molar-refractivity contribution in [2.45, 2.75) is 6.92 Å². The van der Waals surface area contributed by atoms with Gasteiger partial charge >= 0.3 is 0 Å². The van der Waals surface area contributed by atoms with Crippen LogP contribution in [0.1, 0.15) is 11.1 Å². The fraction of sp³-hybridized carbons (Fsp3) is 0.105. The van der Waals surface area contributed by atoms with E-state index in [1.54, 1.807) is 6.08 Å². The van der Waals surface area contributed by atoms with Crippen LogP contribution in [0.2, 0.25) is 0 Å². The molecule has 0 saturated heterocycles. The monoisotopic (exact) mass is 320 g/mol. The largest absolute Gasteiger partial charge is 0.454 e. The second-order valence-electron chi connectivity index (χ2n) is 5.74. The molecule has 0 saturated carbocycles. The molecule has 1 aliphatic heterocycles. The number of benzene rings is 2. The van der Waals surface area contributed by atoms with Crippen LogP contribution >= 0.6 is 0 Å². The highest BCUT2D eigenvalue weighted by atomic mass is 16.7. The minimum Gasteiger partial charge on any atom is -0.454 e. The van der Waals surface area contributed by atoms with Crippen LogP contribution in [0.15, 0.2) is 47.3 Å². The summed E-state index contributed by atoms with van der Waals surface area (Å²) in [6, 6.07) is 13.3. The smallest absolute Gasteiger partial charge is 0.279 e. The quantitative estimate of drug-likeness (QED) is 0.777. The number of H-pyrrole nitrogens is 1. The van der Waals surface area contributed by atoms with Gasteiger partial charge in [-0.15, -0.1) is 0 Å². The Bertz CT molecular complexity index is 1080. The Morgan fingerprint density at radius 3 is 2.67 bits per heavy atom. The molecule has 0 fully saturated rings. The van der Waals surface area contributed by atoms with Crippen molar-refractivity contribution in [1.29, 1.82) is 0 Å². The van der Waals surface area contributed by atoms with Crippen LogP contribution in [0.3, 0.4) is 0 Å². The summed E-state index contributed by atoms with van der Waals surface area (Å²) in [6.07, 6.45) is 1.80. The molecule has 0 amide bonds. The highest BCUT2D eigenvalue weighted by molar-refractivity contribution is 5.56. The van der Waals surface area contributed by atoms with E-state index in [4.69, 9.17) is 9.47 Å². The van der Waals surface area contributed by atoms with Gasteiger partial charge in [0.25, 0.3) is 5.56 Å². The second kappa shape index (κ2) is 5.45. The lowest BCUT2D eigenvalue weighted by molar-refractivity contribution is 0.174. The fourth-order valence-electron chi connectivity index (χ4n) is 2.69. The first-order valence-electron chi connectivity index (χ1n) is 7.60. The van der Waals surface area contributed by atoms with E-state index in [0.717, 1.165) is 16.8 Å². The Labute approximate surface area is 138 Å². The summed E-state index contributed by atoms with van der Waals surface area (Å²) in [5.41, 5.74) is 2.64. The van der Waals surface area contributed by atoms with Crippen molar-refractivity contribution >= 4 is 12.7 Å². The predicted octanol–water partition coefficient (Wildman–Crippen LogP) is 1.44. The van der Waals surface area contributed by atoms with E-state index in [9.17, 15) is 4.79 Å². The summed E-state index contributed by atoms with van der Waals surface area (Å²) < 4.78 is 12.2. The van der Waals surface area contributed by atoms with Crippen LogP contribution in [0, 0.1) is 6.92 Å². The van der Waals surface area contributed by atoms with Gasteiger partial charge in [-0.25, -0.2) is 4.68 Å². The Morgan fingerprint density at radius 2 is 1.88 bits per heavy atom. The second-order valence-corrected chi connectivity index (χ2v) is 5.74. The van der Waals surface area contributed by atoms with Gasteiger partial charge in [-0.3, -0.25) is 9.89 Å². The molecule has 120 valence electrons. The van der Waals surface area contributed by atoms with Crippen molar-refractivity contribution in [3.63, 3.8) is 0 Å². The number of rotatable bonds is 2. The first-order chi connectivity index (χ1) is 11.6. The normalized spacial score (nSPS) is 13.5. The number of nitrogens with one attached hydrogen (secondary N) is 1. The first kappa shape index (κ1) is 14.4. The lowest BCUT2D eigenvalue weighted by atomic mass is 10.1. The van der Waals surface area contributed by atoms with Gasteiger partial charge < -0.3 is 9.47 Å². The van der Waals surface area contributed by atoms with Crippen molar-refractivity contribution in [3.8, 4) is 17.2 Å². The molecule has 3 aromatic rings. The number of hydrogen-bond donors (Lipinski definition) is 1. The highest BCUT2D eigenvalue weighted by Gasteiger charge is 2.12. The van der Waals surface area contributed by atoms with Gasteiger partial charge in [0, 0.05) is 0 Å². The summed E-state index contributed by atoms with van der Waals surface area (Å²) in [5, 5.41) is 4.12. The molecule has 24 heavy (non-hydrogen) atoms. The number of ether oxygens (including phenoxy) is 2. The van der Waals surface area contributed by atoms with E-state index >= 15 is 0 Å². The van der Waals surface area contributed by atoms with Crippen LogP contribution in [0.5, 0.6) is 11.5 Å². The average Bonchev–Trinajstić information content (AvgIpc) is 3.15. The standard InChI is InChI=1S/C19H16N2O3/c1-12-3-6-15(7-4-12)21-19(22)16(13(2)20-21)9-14-5-8-17-18(10-14)24-11-23-17/h3-10,20H,2,11H2,1H3/b16-9+. The number of aryl methyl sites for hydroxylation is 1. The third kappa shape index (κ3) is 2.40. The molecule has 0 aliphatic carbocycles. The topological polar surface area (TPSA) is 56.2 Å². The molecule has 0 bridgehead atoms. The molecular weight excluding hydrogens is 304 g/mol. The molecule has 1 aliphatic rings. The van der Waals surface area contributed by atoms with E-state index in [1.807, 2.05) is 49.4 Å². The predicted molar refractivity (Wildman–Crippen MR) is 92.0 cm³/mol. The van der Waals surface area contributed by atoms with Crippen molar-refractivity contribution in [2.75, 3.05) is 6.79 Å². The maximum atomic E-state index is 12.7. The Hall–Kier alpha value is -3.21. The maximum absolute atomic E-state index is 12.7. The van der Waals surface area contributed by atoms with Crippen molar-refractivity contribution in [1.82, 2.24) is 9.78 Å². The number of nitrogens with zero attached hydrogens (tertiary/aromatic N) is 1. The average molecular weight is 320 g/mol. The Balaban J connectivity index is 1.83. The van der Waals surface area contributed by atoms with Gasteiger partial charge in [-0.2, -0.15) is 0 Å². The lowest BCUT2D eigenvalue weighted by Crippen LogP contribution is -2.33. The summed E-state index contributed by atoms with van der Waals surface area (Å²) in [5.74, 6) is 1.40. The van der Waals surface area contributed by atoms with E-state index in [2.05, 4.69) is 11.7 Å². The van der Waals surface area contributed by atoms with Crippen molar-refractivity contribution in [3.05, 3.63) is 74.5 Å². The maximum Gasteiger partial charge on any atom is 0.279 e. The van der Waals surface area contributed by atoms with E-state index in [0.29, 0.717) is 22.1 Å². The molecule has 1 aromatic heterocycles. The van der Waals surface area contributed by atoms with E-state index < -0.39 is 0 Å². The first-order valence-corrected chi connectivity index (χ1v) is 7.60. The minimum absolute atomic E-state index is 0.137. The highest BCUT2D eigenvalue weighted by Crippen LogP contribution is 2.32. The lowest BCUT2D eigenvalue weighted by Gasteiger charge is -2.01. The fourth-order valence-corrected chi connectivity index (χ4v) is 2.69. The number of aromatic amines is 1. The van der Waals surface area contributed by atoms with Crippen molar-refractivity contribution < 1.29 is 9.47 Å². The van der Waals surface area contributed by atoms with Crippen LogP contribution in [0.4, 0.5) is 0 Å². The Kier molecular flexibility index (Phi) is 3.27. The molecule has 5 nitrogen and oxygen atoms in total. The van der Waals surface area contributed by atoms with Gasteiger partial charge in [-0.05, 0) is 42.8 Å². The van der Waals surface area contributed by atoms with Crippen LogP contribution in [-0.4, -0.2) is 16.6 Å². The molecule has 4 rings (SSSR count). The van der Waals surface area contributed by atoms with Gasteiger partial charge in [-0.1, -0.05) is 30.3 Å². The molecule has 0 spiro atoms. The third-order valence-corrected chi connectivity index (χ3v) is 4.01. The number of hydrogen-bond acceptors (Lipinski definition) is 3. The van der Waals surface area contributed by atoms with E-state index in [-0.39, 0.29) is 12.4 Å². The Morgan fingerprint density at radius 1 is 1.12 bits per heavy atom. The van der Waals surface area contributed by atoms with Crippen LogP contribution in [-0.2, 0) is 0 Å². The van der Waals surface area contributed by atoms with Crippen LogP contribution in [0.25, 0.3) is 18.3 Å².